The molecule has 4 nitrogen and oxygen atoms in total. The number of hydrogen-bond donors (Lipinski definition) is 2. The molecule has 3 saturated carbocycles. The van der Waals surface area contributed by atoms with Crippen LogP contribution in [0.5, 0.6) is 0 Å². The maximum absolute atomic E-state index is 13.0. The lowest BCUT2D eigenvalue weighted by molar-refractivity contribution is -0.169. The smallest absolute Gasteiger partial charge is 0.310 e. The number of rotatable bonds is 7. The normalized spacial score (nSPS) is 42.6. The summed E-state index contributed by atoms with van der Waals surface area (Å²) in [4.78, 5) is 25.1. The summed E-state index contributed by atoms with van der Waals surface area (Å²) < 4.78 is 0. The van der Waals surface area contributed by atoms with Crippen LogP contribution >= 0.6 is 0 Å². The van der Waals surface area contributed by atoms with E-state index in [0.717, 1.165) is 50.5 Å². The third-order valence-electron chi connectivity index (χ3n) is 11.1. The first kappa shape index (κ1) is 24.7. The van der Waals surface area contributed by atoms with Gasteiger partial charge in [-0.25, -0.2) is 0 Å². The Hall–Kier alpha value is -1.42. The second kappa shape index (κ2) is 8.66. The molecule has 4 rings (SSSR count). The van der Waals surface area contributed by atoms with E-state index >= 15 is 0 Å². The van der Waals surface area contributed by atoms with Crippen molar-refractivity contribution in [2.75, 3.05) is 0 Å². The molecule has 0 amide bonds. The summed E-state index contributed by atoms with van der Waals surface area (Å²) in [5.41, 5.74) is -0.646. The molecule has 0 unspecified atom stereocenters. The number of aliphatic carboxylic acids is 1. The number of fused-ring (bicyclic) bond motifs is 5. The zero-order chi connectivity index (χ0) is 24.2. The van der Waals surface area contributed by atoms with E-state index in [2.05, 4.69) is 26.5 Å². The average Bonchev–Trinajstić information content (AvgIpc) is 3.19. The first-order valence-corrected chi connectivity index (χ1v) is 13.3. The monoisotopic (exact) mass is 456 g/mol. The second-order valence-corrected chi connectivity index (χ2v) is 12.3. The lowest BCUT2D eigenvalue weighted by Gasteiger charge is -2.58. The summed E-state index contributed by atoms with van der Waals surface area (Å²) in [6.45, 7) is 12.4. The molecule has 4 aliphatic carbocycles. The Labute approximate surface area is 199 Å². The highest BCUT2D eigenvalue weighted by molar-refractivity contribution is 5.91. The highest BCUT2D eigenvalue weighted by Crippen LogP contribution is 2.67. The Kier molecular flexibility index (Phi) is 6.48. The van der Waals surface area contributed by atoms with Gasteiger partial charge in [0.25, 0.3) is 0 Å². The van der Waals surface area contributed by atoms with Crippen LogP contribution in [0.15, 0.2) is 24.3 Å². The molecule has 0 aromatic heterocycles. The summed E-state index contributed by atoms with van der Waals surface area (Å²) in [5, 5.41) is 21.6. The van der Waals surface area contributed by atoms with Crippen molar-refractivity contribution in [3.05, 3.63) is 24.3 Å². The average molecular weight is 457 g/mol. The van der Waals surface area contributed by atoms with Gasteiger partial charge in [0.15, 0.2) is 5.78 Å². The van der Waals surface area contributed by atoms with Gasteiger partial charge in [0.05, 0.1) is 11.0 Å². The molecule has 0 heterocycles. The van der Waals surface area contributed by atoms with Gasteiger partial charge in [0.2, 0.25) is 0 Å². The molecule has 33 heavy (non-hydrogen) atoms. The largest absolute Gasteiger partial charge is 0.481 e. The minimum absolute atomic E-state index is 0.0320. The van der Waals surface area contributed by atoms with Crippen LogP contribution in [0.2, 0.25) is 0 Å². The van der Waals surface area contributed by atoms with E-state index in [1.807, 2.05) is 13.8 Å². The molecule has 0 aromatic carbocycles. The molecular weight excluding hydrogens is 412 g/mol. The summed E-state index contributed by atoms with van der Waals surface area (Å²) in [6.07, 6.45) is 12.6. The van der Waals surface area contributed by atoms with Crippen molar-refractivity contribution < 1.29 is 19.8 Å². The van der Waals surface area contributed by atoms with E-state index in [1.165, 1.54) is 0 Å². The number of carbonyl (C=O) groups is 2. The van der Waals surface area contributed by atoms with Gasteiger partial charge in [-0.3, -0.25) is 9.59 Å². The van der Waals surface area contributed by atoms with Gasteiger partial charge in [-0.2, -0.15) is 0 Å². The second-order valence-electron chi connectivity index (χ2n) is 12.3. The Bertz CT molecular complexity index is 845. The van der Waals surface area contributed by atoms with Crippen LogP contribution in [0.4, 0.5) is 0 Å². The molecular formula is C29H44O4. The van der Waals surface area contributed by atoms with Gasteiger partial charge in [-0.05, 0) is 117 Å². The van der Waals surface area contributed by atoms with Gasteiger partial charge in [0.1, 0.15) is 0 Å². The fraction of sp³-hybridized carbons (Fsp3) is 0.793. The Morgan fingerprint density at radius 3 is 2.61 bits per heavy atom. The highest BCUT2D eigenvalue weighted by atomic mass is 16.4. The maximum atomic E-state index is 13.0. The van der Waals surface area contributed by atoms with E-state index in [0.29, 0.717) is 37.0 Å². The van der Waals surface area contributed by atoms with E-state index in [-0.39, 0.29) is 29.0 Å². The number of aliphatic hydroxyl groups is 1. The molecule has 3 fully saturated rings. The van der Waals surface area contributed by atoms with Crippen molar-refractivity contribution in [3.63, 3.8) is 0 Å². The van der Waals surface area contributed by atoms with Crippen LogP contribution in [0.25, 0.3) is 0 Å². The van der Waals surface area contributed by atoms with E-state index in [9.17, 15) is 19.8 Å². The topological polar surface area (TPSA) is 74.6 Å². The lowest BCUT2D eigenvalue weighted by atomic mass is 9.45. The standard InChI is InChI=1S/C29H44O4/c1-6-28(33,18(2)3)15-11-19(4)23-9-10-25-22-8-7-20-17-21(30)12-14-27(20,5)24(22)13-16-29(23,25)26(31)32/h12,14,19-20,22-25,33H,2,6-11,13,15-17H2,1,3-5H3,(H,31,32)/t19-,20+,22-,23-,24+,25+,27+,28-,29+/m1/s1. The van der Waals surface area contributed by atoms with Gasteiger partial charge < -0.3 is 10.2 Å². The molecule has 0 saturated heterocycles. The van der Waals surface area contributed by atoms with E-state index in [4.69, 9.17) is 0 Å². The molecule has 0 aliphatic heterocycles. The summed E-state index contributed by atoms with van der Waals surface area (Å²) in [6, 6.07) is 0. The third kappa shape index (κ3) is 3.75. The number of carboxylic acid groups (broad SMARTS) is 1. The quantitative estimate of drug-likeness (QED) is 0.448. The van der Waals surface area contributed by atoms with Crippen molar-refractivity contribution in [1.29, 1.82) is 0 Å². The van der Waals surface area contributed by atoms with Crippen molar-refractivity contribution in [2.45, 2.75) is 97.5 Å². The summed E-state index contributed by atoms with van der Waals surface area (Å²) in [7, 11) is 0. The molecule has 2 N–H and O–H groups in total. The lowest BCUT2D eigenvalue weighted by Crippen LogP contribution is -2.55. The third-order valence-corrected chi connectivity index (χ3v) is 11.1. The van der Waals surface area contributed by atoms with Gasteiger partial charge >= 0.3 is 5.97 Å². The van der Waals surface area contributed by atoms with E-state index in [1.54, 1.807) is 6.08 Å². The SMILES string of the molecule is C=C(C)[C@@](O)(CC)CC[C@@H](C)[C@H]1CC[C@H]2[C@@H]3CC[C@H]4CC(=O)C=C[C@]4(C)[C@H]3CC[C@]12C(=O)O. The number of hydrogen-bond acceptors (Lipinski definition) is 3. The van der Waals surface area contributed by atoms with Crippen LogP contribution in [0, 0.1) is 46.3 Å². The molecule has 9 atom stereocenters. The Morgan fingerprint density at radius 2 is 1.97 bits per heavy atom. The van der Waals surface area contributed by atoms with Crippen LogP contribution in [-0.4, -0.2) is 27.6 Å². The molecule has 0 bridgehead atoms. The minimum atomic E-state index is -0.849. The Balaban J connectivity index is 1.57. The highest BCUT2D eigenvalue weighted by Gasteiger charge is 2.65. The predicted molar refractivity (Wildman–Crippen MR) is 131 cm³/mol. The van der Waals surface area contributed by atoms with E-state index < -0.39 is 17.0 Å². The first-order valence-electron chi connectivity index (χ1n) is 13.3. The molecule has 0 spiro atoms. The molecule has 184 valence electrons. The minimum Gasteiger partial charge on any atom is -0.481 e. The number of carbonyl (C=O) groups excluding carboxylic acids is 1. The van der Waals surface area contributed by atoms with Gasteiger partial charge in [-0.1, -0.05) is 33.4 Å². The van der Waals surface area contributed by atoms with Crippen LogP contribution in [-0.2, 0) is 9.59 Å². The number of ketones is 1. The van der Waals surface area contributed by atoms with Crippen LogP contribution in [0.3, 0.4) is 0 Å². The first-order chi connectivity index (χ1) is 15.5. The van der Waals surface area contributed by atoms with Crippen LogP contribution < -0.4 is 0 Å². The Morgan fingerprint density at radius 1 is 1.24 bits per heavy atom. The fourth-order valence-corrected chi connectivity index (χ4v) is 8.93. The number of allylic oxidation sites excluding steroid dienone is 2. The van der Waals surface area contributed by atoms with Gasteiger partial charge in [-0.15, -0.1) is 0 Å². The molecule has 0 radical (unpaired) electrons. The molecule has 4 heteroatoms. The van der Waals surface area contributed by atoms with Crippen molar-refractivity contribution in [2.24, 2.45) is 46.3 Å². The zero-order valence-electron chi connectivity index (χ0n) is 21.1. The van der Waals surface area contributed by atoms with Crippen molar-refractivity contribution >= 4 is 11.8 Å². The van der Waals surface area contributed by atoms with Gasteiger partial charge in [0, 0.05) is 6.42 Å². The van der Waals surface area contributed by atoms with Crippen molar-refractivity contribution in [3.8, 4) is 0 Å². The maximum Gasteiger partial charge on any atom is 0.310 e. The molecule has 0 aromatic rings. The summed E-state index contributed by atoms with van der Waals surface area (Å²) >= 11 is 0. The zero-order valence-corrected chi connectivity index (χ0v) is 21.1. The summed E-state index contributed by atoms with van der Waals surface area (Å²) in [5.74, 6) is 1.67. The van der Waals surface area contributed by atoms with Crippen LogP contribution in [0.1, 0.15) is 91.9 Å². The molecule has 4 aliphatic rings. The fourth-order valence-electron chi connectivity index (χ4n) is 8.93. The predicted octanol–water partition coefficient (Wildman–Crippen LogP) is 6.19. The van der Waals surface area contributed by atoms with Crippen molar-refractivity contribution in [1.82, 2.24) is 0 Å². The number of carboxylic acids is 1.